The molecule has 0 heterocycles. The smallest absolute Gasteiger partial charge is 0.313 e. The molecule has 4 nitrogen and oxygen atoms in total. The van der Waals surface area contributed by atoms with E-state index in [0.29, 0.717) is 0 Å². The second-order valence-electron chi connectivity index (χ2n) is 2.65. The molecule has 2 amide bonds. The van der Waals surface area contributed by atoms with Crippen LogP contribution in [0.25, 0.3) is 0 Å². The van der Waals surface area contributed by atoms with Gasteiger partial charge in [0.25, 0.3) is 0 Å². The molecule has 0 spiro atoms. The van der Waals surface area contributed by atoms with Gasteiger partial charge in [-0.25, -0.2) is 4.79 Å². The molecule has 0 radical (unpaired) electrons. The highest BCUT2D eigenvalue weighted by Gasteiger charge is 2.13. The van der Waals surface area contributed by atoms with Gasteiger partial charge in [-0.1, -0.05) is 20.8 Å². The molecule has 0 aliphatic heterocycles. The number of nitrogens with one attached hydrogen (secondary N) is 1. The molecule has 0 rings (SSSR count). The first-order chi connectivity index (χ1) is 5.65. The van der Waals surface area contributed by atoms with Crippen molar-refractivity contribution in [1.82, 2.24) is 10.2 Å². The molecule has 72 valence electrons. The Labute approximate surface area is 74.1 Å². The van der Waals surface area contributed by atoms with E-state index in [9.17, 15) is 4.79 Å². The van der Waals surface area contributed by atoms with Crippen LogP contribution in [0.3, 0.4) is 0 Å². The average Bonchev–Trinajstić information content (AvgIpc) is 2.04. The minimum atomic E-state index is -0.450. The number of hydrogen-bond donors (Lipinski definition) is 2. The molecule has 0 bridgehead atoms. The number of primary amides is 1. The largest absolute Gasteiger partial charge is 0.352 e. The maximum Gasteiger partial charge on any atom is 0.313 e. The molecule has 0 saturated carbocycles. The van der Waals surface area contributed by atoms with E-state index >= 15 is 0 Å². The molecule has 0 aromatic rings. The Hall–Kier alpha value is -0.770. The van der Waals surface area contributed by atoms with E-state index in [1.807, 2.05) is 6.92 Å². The maximum absolute atomic E-state index is 10.6. The lowest BCUT2D eigenvalue weighted by molar-refractivity contribution is 0.176. The van der Waals surface area contributed by atoms with Gasteiger partial charge in [0.2, 0.25) is 0 Å². The van der Waals surface area contributed by atoms with Gasteiger partial charge in [-0.3, -0.25) is 4.90 Å². The summed E-state index contributed by atoms with van der Waals surface area (Å²) in [5.41, 5.74) is 5.04. The monoisotopic (exact) mass is 173 g/mol. The summed E-state index contributed by atoms with van der Waals surface area (Å²) >= 11 is 0. The Morgan fingerprint density at radius 1 is 1.42 bits per heavy atom. The van der Waals surface area contributed by atoms with Crippen LogP contribution in [0.4, 0.5) is 4.79 Å². The Kier molecular flexibility index (Phi) is 5.45. The molecular weight excluding hydrogens is 154 g/mol. The number of urea groups is 1. The van der Waals surface area contributed by atoms with Crippen molar-refractivity contribution in [3.63, 3.8) is 0 Å². The molecule has 0 aromatic heterocycles. The zero-order chi connectivity index (χ0) is 9.56. The second-order valence-corrected chi connectivity index (χ2v) is 2.65. The zero-order valence-corrected chi connectivity index (χ0v) is 8.13. The van der Waals surface area contributed by atoms with Gasteiger partial charge >= 0.3 is 6.03 Å². The average molecular weight is 173 g/mol. The van der Waals surface area contributed by atoms with Gasteiger partial charge in [0.05, 0.1) is 6.17 Å². The van der Waals surface area contributed by atoms with E-state index < -0.39 is 6.03 Å². The van der Waals surface area contributed by atoms with Crippen LogP contribution in [0.2, 0.25) is 0 Å². The van der Waals surface area contributed by atoms with Crippen molar-refractivity contribution in [3.05, 3.63) is 0 Å². The topological polar surface area (TPSA) is 58.4 Å². The van der Waals surface area contributed by atoms with Crippen molar-refractivity contribution in [2.75, 3.05) is 13.1 Å². The predicted octanol–water partition coefficient (Wildman–Crippen LogP) is 0.733. The molecule has 3 N–H and O–H groups in total. The first-order valence-corrected chi connectivity index (χ1v) is 4.45. The van der Waals surface area contributed by atoms with Crippen molar-refractivity contribution >= 4 is 6.03 Å². The van der Waals surface area contributed by atoms with Crippen LogP contribution in [0.15, 0.2) is 0 Å². The van der Waals surface area contributed by atoms with Crippen LogP contribution in [-0.2, 0) is 0 Å². The van der Waals surface area contributed by atoms with Gasteiger partial charge < -0.3 is 11.1 Å². The summed E-state index contributed by atoms with van der Waals surface area (Å²) in [7, 11) is 0. The van der Waals surface area contributed by atoms with Gasteiger partial charge in [0.1, 0.15) is 0 Å². The van der Waals surface area contributed by atoms with E-state index in [0.717, 1.165) is 19.5 Å². The van der Waals surface area contributed by atoms with Crippen LogP contribution in [0, 0.1) is 0 Å². The van der Waals surface area contributed by atoms with Gasteiger partial charge in [-0.15, -0.1) is 0 Å². The Bertz CT molecular complexity index is 134. The Morgan fingerprint density at radius 2 is 1.92 bits per heavy atom. The van der Waals surface area contributed by atoms with Crippen molar-refractivity contribution in [1.29, 1.82) is 0 Å². The van der Waals surface area contributed by atoms with Crippen LogP contribution in [-0.4, -0.2) is 30.2 Å². The molecule has 0 aliphatic rings. The minimum Gasteiger partial charge on any atom is -0.352 e. The lowest BCUT2D eigenvalue weighted by Gasteiger charge is -2.28. The van der Waals surface area contributed by atoms with E-state index in [1.165, 1.54) is 0 Å². The van der Waals surface area contributed by atoms with E-state index in [2.05, 4.69) is 24.1 Å². The fourth-order valence-corrected chi connectivity index (χ4v) is 1.28. The number of carbonyl (C=O) groups excluding carboxylic acids is 1. The zero-order valence-electron chi connectivity index (χ0n) is 8.13. The van der Waals surface area contributed by atoms with Gasteiger partial charge in [-0.05, 0) is 19.5 Å². The number of hydrogen-bond acceptors (Lipinski definition) is 2. The molecule has 0 aliphatic carbocycles. The van der Waals surface area contributed by atoms with Crippen molar-refractivity contribution in [3.8, 4) is 0 Å². The number of rotatable bonds is 5. The quantitative estimate of drug-likeness (QED) is 0.602. The molecule has 0 fully saturated rings. The standard InChI is InChI=1S/C8H19N3O/c1-4-7(10-8(9)12)11(5-2)6-3/h7H,4-6H2,1-3H3,(H3,9,10,12). The maximum atomic E-state index is 10.6. The second kappa shape index (κ2) is 5.83. The van der Waals surface area contributed by atoms with Gasteiger partial charge in [-0.2, -0.15) is 0 Å². The summed E-state index contributed by atoms with van der Waals surface area (Å²) in [6, 6.07) is -0.450. The Balaban J connectivity index is 4.01. The van der Waals surface area contributed by atoms with Crippen molar-refractivity contribution < 1.29 is 4.79 Å². The van der Waals surface area contributed by atoms with E-state index in [-0.39, 0.29) is 6.17 Å². The number of carbonyl (C=O) groups is 1. The fraction of sp³-hybridized carbons (Fsp3) is 0.875. The third-order valence-corrected chi connectivity index (χ3v) is 1.95. The number of amides is 2. The van der Waals surface area contributed by atoms with Gasteiger partial charge in [0, 0.05) is 0 Å². The third-order valence-electron chi connectivity index (χ3n) is 1.95. The van der Waals surface area contributed by atoms with Crippen molar-refractivity contribution in [2.24, 2.45) is 5.73 Å². The van der Waals surface area contributed by atoms with E-state index in [4.69, 9.17) is 5.73 Å². The van der Waals surface area contributed by atoms with E-state index in [1.54, 1.807) is 0 Å². The van der Waals surface area contributed by atoms with Crippen LogP contribution in [0.1, 0.15) is 27.2 Å². The first kappa shape index (κ1) is 11.2. The molecule has 0 aromatic carbocycles. The molecule has 1 unspecified atom stereocenters. The van der Waals surface area contributed by atoms with Crippen LogP contribution < -0.4 is 11.1 Å². The minimum absolute atomic E-state index is 0.0810. The number of nitrogens with zero attached hydrogens (tertiary/aromatic N) is 1. The number of nitrogens with two attached hydrogens (primary N) is 1. The van der Waals surface area contributed by atoms with Crippen LogP contribution in [0.5, 0.6) is 0 Å². The summed E-state index contributed by atoms with van der Waals surface area (Å²) in [6.07, 6.45) is 0.961. The first-order valence-electron chi connectivity index (χ1n) is 4.45. The lowest BCUT2D eigenvalue weighted by Crippen LogP contribution is -2.49. The third kappa shape index (κ3) is 3.57. The highest BCUT2D eigenvalue weighted by molar-refractivity contribution is 5.71. The fourth-order valence-electron chi connectivity index (χ4n) is 1.28. The lowest BCUT2D eigenvalue weighted by atomic mass is 10.3. The summed E-state index contributed by atoms with van der Waals surface area (Å²) < 4.78 is 0. The highest BCUT2D eigenvalue weighted by Crippen LogP contribution is 1.99. The molecular formula is C8H19N3O. The summed E-state index contributed by atoms with van der Waals surface area (Å²) in [6.45, 7) is 8.01. The molecule has 12 heavy (non-hydrogen) atoms. The van der Waals surface area contributed by atoms with Gasteiger partial charge in [0.15, 0.2) is 0 Å². The Morgan fingerprint density at radius 3 is 2.17 bits per heavy atom. The molecule has 0 saturated heterocycles. The summed E-state index contributed by atoms with van der Waals surface area (Å²) in [5, 5.41) is 2.70. The normalized spacial score (nSPS) is 13.0. The summed E-state index contributed by atoms with van der Waals surface area (Å²) in [5.74, 6) is 0. The molecule has 1 atom stereocenters. The van der Waals surface area contributed by atoms with Crippen molar-refractivity contribution in [2.45, 2.75) is 33.4 Å². The van der Waals surface area contributed by atoms with Crippen LogP contribution >= 0.6 is 0 Å². The SMILES string of the molecule is CCC(NC(N)=O)N(CC)CC. The summed E-state index contributed by atoms with van der Waals surface area (Å²) in [4.78, 5) is 12.7. The highest BCUT2D eigenvalue weighted by atomic mass is 16.2. The predicted molar refractivity (Wildman–Crippen MR) is 49.7 cm³/mol. The molecule has 4 heteroatoms.